The number of aromatic nitrogens is 3. The summed E-state index contributed by atoms with van der Waals surface area (Å²) in [5.74, 6) is 1.58. The van der Waals surface area contributed by atoms with Gasteiger partial charge in [-0.3, -0.25) is 4.79 Å². The van der Waals surface area contributed by atoms with Crippen LogP contribution >= 0.6 is 11.8 Å². The van der Waals surface area contributed by atoms with Crippen LogP contribution < -0.4 is 10.2 Å². The van der Waals surface area contributed by atoms with Gasteiger partial charge < -0.3 is 15.0 Å². The first-order chi connectivity index (χ1) is 10.1. The van der Waals surface area contributed by atoms with E-state index in [2.05, 4.69) is 43.8 Å². The lowest BCUT2D eigenvalue weighted by molar-refractivity contribution is -0.140. The van der Waals surface area contributed by atoms with Crippen molar-refractivity contribution >= 4 is 29.6 Å². The maximum atomic E-state index is 11.1. The Kier molecular flexibility index (Phi) is 7.81. The molecular weight excluding hydrogens is 290 g/mol. The lowest BCUT2D eigenvalue weighted by Gasteiger charge is -2.19. The van der Waals surface area contributed by atoms with E-state index in [1.165, 1.54) is 18.9 Å². The molecule has 0 atom stereocenters. The summed E-state index contributed by atoms with van der Waals surface area (Å²) < 4.78 is 4.62. The summed E-state index contributed by atoms with van der Waals surface area (Å²) in [6, 6.07) is 0. The van der Waals surface area contributed by atoms with Gasteiger partial charge in [-0.05, 0) is 20.8 Å². The summed E-state index contributed by atoms with van der Waals surface area (Å²) in [7, 11) is 1.39. The van der Waals surface area contributed by atoms with Crippen molar-refractivity contribution in [2.75, 3.05) is 42.7 Å². The van der Waals surface area contributed by atoms with Gasteiger partial charge in [0.15, 0.2) is 5.16 Å². The molecule has 1 N–H and O–H groups in total. The molecule has 0 amide bonds. The van der Waals surface area contributed by atoms with Gasteiger partial charge >= 0.3 is 5.97 Å². The first-order valence-electron chi connectivity index (χ1n) is 7.09. The number of carbonyl (C=O) groups is 1. The Hall–Kier alpha value is -1.57. The average Bonchev–Trinajstić information content (AvgIpc) is 2.48. The van der Waals surface area contributed by atoms with Crippen LogP contribution in [0.25, 0.3) is 0 Å². The minimum absolute atomic E-state index is 0.229. The summed E-state index contributed by atoms with van der Waals surface area (Å²) in [4.78, 5) is 26.4. The van der Waals surface area contributed by atoms with Crippen molar-refractivity contribution in [1.29, 1.82) is 0 Å². The second-order valence-electron chi connectivity index (χ2n) is 4.12. The maximum Gasteiger partial charge on any atom is 0.306 e. The fraction of sp³-hybridized carbons (Fsp3) is 0.692. The molecule has 0 spiro atoms. The van der Waals surface area contributed by atoms with Gasteiger partial charge in [0.2, 0.25) is 11.9 Å². The Morgan fingerprint density at radius 1 is 1.24 bits per heavy atom. The van der Waals surface area contributed by atoms with Gasteiger partial charge in [0.05, 0.1) is 13.5 Å². The highest BCUT2D eigenvalue weighted by molar-refractivity contribution is 7.99. The minimum atomic E-state index is -0.229. The van der Waals surface area contributed by atoms with Crippen LogP contribution in [0.5, 0.6) is 0 Å². The van der Waals surface area contributed by atoms with Gasteiger partial charge in [-0.1, -0.05) is 11.8 Å². The quantitative estimate of drug-likeness (QED) is 0.546. The van der Waals surface area contributed by atoms with Gasteiger partial charge in [0.25, 0.3) is 0 Å². The SMILES string of the molecule is CCNc1nc(SCCC(=O)OC)nc(N(CC)CC)n1. The number of thioether (sulfide) groups is 1. The third kappa shape index (κ3) is 5.74. The molecule has 1 heterocycles. The number of anilines is 2. The summed E-state index contributed by atoms with van der Waals surface area (Å²) in [6.45, 7) is 8.52. The number of carbonyl (C=O) groups excluding carboxylic acids is 1. The van der Waals surface area contributed by atoms with Crippen molar-refractivity contribution in [3.05, 3.63) is 0 Å². The largest absolute Gasteiger partial charge is 0.469 e. The Bertz CT molecular complexity index is 454. The Morgan fingerprint density at radius 2 is 1.95 bits per heavy atom. The van der Waals surface area contributed by atoms with Gasteiger partial charge in [-0.25, -0.2) is 0 Å². The van der Waals surface area contributed by atoms with Crippen molar-refractivity contribution in [2.45, 2.75) is 32.3 Å². The van der Waals surface area contributed by atoms with E-state index in [0.717, 1.165) is 19.6 Å². The van der Waals surface area contributed by atoms with Crippen LogP contribution in [0.1, 0.15) is 27.2 Å². The number of rotatable bonds is 9. The molecule has 1 aromatic rings. The highest BCUT2D eigenvalue weighted by atomic mass is 32.2. The maximum absolute atomic E-state index is 11.1. The fourth-order valence-electron chi connectivity index (χ4n) is 1.62. The molecule has 1 rings (SSSR count). The van der Waals surface area contributed by atoms with Crippen LogP contribution in [0.4, 0.5) is 11.9 Å². The number of methoxy groups -OCH3 is 1. The number of esters is 1. The Morgan fingerprint density at radius 3 is 2.52 bits per heavy atom. The predicted octanol–water partition coefficient (Wildman–Crippen LogP) is 1.80. The highest BCUT2D eigenvalue weighted by Crippen LogP contribution is 2.19. The van der Waals surface area contributed by atoms with Crippen molar-refractivity contribution in [3.63, 3.8) is 0 Å². The summed E-state index contributed by atoms with van der Waals surface area (Å²) >= 11 is 1.43. The molecule has 8 heteroatoms. The molecule has 0 aliphatic carbocycles. The van der Waals surface area contributed by atoms with E-state index in [1.54, 1.807) is 0 Å². The van der Waals surface area contributed by atoms with Gasteiger partial charge in [-0.2, -0.15) is 15.0 Å². The van der Waals surface area contributed by atoms with Gasteiger partial charge in [0.1, 0.15) is 0 Å². The Labute approximate surface area is 129 Å². The smallest absolute Gasteiger partial charge is 0.306 e. The zero-order valence-corrected chi connectivity index (χ0v) is 13.9. The van der Waals surface area contributed by atoms with E-state index in [-0.39, 0.29) is 5.97 Å². The molecule has 0 aliphatic rings. The number of nitrogens with zero attached hydrogens (tertiary/aromatic N) is 4. The monoisotopic (exact) mass is 313 g/mol. The van der Waals surface area contributed by atoms with Crippen molar-refractivity contribution < 1.29 is 9.53 Å². The first-order valence-corrected chi connectivity index (χ1v) is 8.07. The molecule has 7 nitrogen and oxygen atoms in total. The van der Waals surface area contributed by atoms with E-state index in [9.17, 15) is 4.79 Å². The number of nitrogens with one attached hydrogen (secondary N) is 1. The minimum Gasteiger partial charge on any atom is -0.469 e. The lowest BCUT2D eigenvalue weighted by Crippen LogP contribution is -2.25. The van der Waals surface area contributed by atoms with Crippen LogP contribution in [0.2, 0.25) is 0 Å². The van der Waals surface area contributed by atoms with Crippen LogP contribution in [0.15, 0.2) is 5.16 Å². The van der Waals surface area contributed by atoms with E-state index < -0.39 is 0 Å². The second kappa shape index (κ2) is 9.38. The molecule has 0 bridgehead atoms. The molecular formula is C13H23N5O2S. The fourth-order valence-corrected chi connectivity index (χ4v) is 2.37. The molecule has 0 aliphatic heterocycles. The molecule has 0 aromatic carbocycles. The predicted molar refractivity (Wildman–Crippen MR) is 84.9 cm³/mol. The third-order valence-corrected chi connectivity index (χ3v) is 3.60. The van der Waals surface area contributed by atoms with Crippen LogP contribution in [-0.4, -0.2) is 53.4 Å². The average molecular weight is 313 g/mol. The van der Waals surface area contributed by atoms with Crippen LogP contribution in [0.3, 0.4) is 0 Å². The molecule has 0 fully saturated rings. The van der Waals surface area contributed by atoms with Gasteiger partial charge in [-0.15, -0.1) is 0 Å². The van der Waals surface area contributed by atoms with E-state index in [1.807, 2.05) is 6.92 Å². The van der Waals surface area contributed by atoms with Crippen molar-refractivity contribution in [2.24, 2.45) is 0 Å². The van der Waals surface area contributed by atoms with Gasteiger partial charge in [0, 0.05) is 25.4 Å². The number of hydrogen-bond acceptors (Lipinski definition) is 8. The standard InChI is InChI=1S/C13H23N5O2S/c1-5-14-11-15-12(18(6-2)7-3)17-13(16-11)21-9-8-10(19)20-4/h5-9H2,1-4H3,(H,14,15,16,17). The second-order valence-corrected chi connectivity index (χ2v) is 5.18. The molecule has 21 heavy (non-hydrogen) atoms. The van der Waals surface area contributed by atoms with E-state index in [4.69, 9.17) is 0 Å². The summed E-state index contributed by atoms with van der Waals surface area (Å²) in [6.07, 6.45) is 0.337. The number of ether oxygens (including phenoxy) is 1. The third-order valence-electron chi connectivity index (χ3n) is 2.75. The van der Waals surface area contributed by atoms with Crippen molar-refractivity contribution in [1.82, 2.24) is 15.0 Å². The lowest BCUT2D eigenvalue weighted by atomic mass is 10.5. The first kappa shape index (κ1) is 17.5. The molecule has 0 radical (unpaired) electrons. The molecule has 0 saturated heterocycles. The highest BCUT2D eigenvalue weighted by Gasteiger charge is 2.11. The Balaban J connectivity index is 2.83. The molecule has 118 valence electrons. The zero-order valence-electron chi connectivity index (χ0n) is 13.0. The van der Waals surface area contributed by atoms with E-state index in [0.29, 0.717) is 29.2 Å². The van der Waals surface area contributed by atoms with Crippen molar-refractivity contribution in [3.8, 4) is 0 Å². The zero-order chi connectivity index (χ0) is 15.7. The van der Waals surface area contributed by atoms with Crippen LogP contribution in [0, 0.1) is 0 Å². The summed E-state index contributed by atoms with van der Waals surface area (Å²) in [5.41, 5.74) is 0. The topological polar surface area (TPSA) is 80.2 Å². The summed E-state index contributed by atoms with van der Waals surface area (Å²) in [5, 5.41) is 3.73. The molecule has 0 saturated carbocycles. The normalized spacial score (nSPS) is 10.3. The number of hydrogen-bond donors (Lipinski definition) is 1. The van der Waals surface area contributed by atoms with Crippen LogP contribution in [-0.2, 0) is 9.53 Å². The van der Waals surface area contributed by atoms with E-state index >= 15 is 0 Å². The molecule has 1 aromatic heterocycles. The molecule has 0 unspecified atom stereocenters.